The van der Waals surface area contributed by atoms with Crippen LogP contribution in [0.1, 0.15) is 38.2 Å². The average molecular weight is 346 g/mol. The van der Waals surface area contributed by atoms with Crippen molar-refractivity contribution in [2.24, 2.45) is 5.41 Å². The molecule has 0 aromatic heterocycles. The lowest BCUT2D eigenvalue weighted by molar-refractivity contribution is 0.449. The van der Waals surface area contributed by atoms with Crippen LogP contribution in [0.25, 0.3) is 0 Å². The summed E-state index contributed by atoms with van der Waals surface area (Å²) in [5.74, 6) is 0. The van der Waals surface area contributed by atoms with Gasteiger partial charge < -0.3 is 0 Å². The lowest BCUT2D eigenvalue weighted by Gasteiger charge is -2.15. The number of hydrogen-bond acceptors (Lipinski definition) is 2. The Labute approximate surface area is 124 Å². The van der Waals surface area contributed by atoms with Crippen LogP contribution in [0, 0.1) is 5.41 Å². The van der Waals surface area contributed by atoms with Gasteiger partial charge in [0.15, 0.2) is 0 Å². The summed E-state index contributed by atoms with van der Waals surface area (Å²) in [6.45, 7) is 2.72. The van der Waals surface area contributed by atoms with Crippen molar-refractivity contribution in [2.75, 3.05) is 6.54 Å². The Bertz CT molecular complexity index is 521. The first-order valence-electron chi connectivity index (χ1n) is 6.66. The summed E-state index contributed by atoms with van der Waals surface area (Å²) < 4.78 is 27.1. The predicted octanol–water partition coefficient (Wildman–Crippen LogP) is 3.44. The van der Waals surface area contributed by atoms with Gasteiger partial charge in [-0.3, -0.25) is 0 Å². The third-order valence-electron chi connectivity index (χ3n) is 3.76. The molecule has 0 unspecified atom stereocenters. The summed E-state index contributed by atoms with van der Waals surface area (Å²) in [5, 5.41) is 0.736. The topological polar surface area (TPSA) is 46.2 Å². The van der Waals surface area contributed by atoms with Crippen molar-refractivity contribution in [1.29, 1.82) is 0 Å². The Balaban J connectivity index is 2.01. The van der Waals surface area contributed by atoms with Gasteiger partial charge in [-0.25, -0.2) is 13.1 Å². The molecule has 1 aromatic carbocycles. The summed E-state index contributed by atoms with van der Waals surface area (Å²) in [4.78, 5) is 0.351. The number of rotatable bonds is 7. The molecule has 0 aliphatic heterocycles. The lowest BCUT2D eigenvalue weighted by Crippen LogP contribution is -2.30. The van der Waals surface area contributed by atoms with E-state index in [1.165, 1.54) is 0 Å². The minimum Gasteiger partial charge on any atom is -0.211 e. The highest BCUT2D eigenvalue weighted by molar-refractivity contribution is 9.08. The molecule has 0 amide bonds. The van der Waals surface area contributed by atoms with Crippen molar-refractivity contribution >= 4 is 26.0 Å². The van der Waals surface area contributed by atoms with Crippen molar-refractivity contribution in [3.05, 3.63) is 29.8 Å². The summed E-state index contributed by atoms with van der Waals surface area (Å²) in [5.41, 5.74) is 1.31. The fraction of sp³-hybridized carbons (Fsp3) is 0.571. The Morgan fingerprint density at radius 1 is 1.26 bits per heavy atom. The maximum atomic E-state index is 12.2. The summed E-state index contributed by atoms with van der Waals surface area (Å²) in [7, 11) is -3.36. The quantitative estimate of drug-likeness (QED) is 0.769. The maximum Gasteiger partial charge on any atom is 0.240 e. The third-order valence-corrected chi connectivity index (χ3v) is 5.83. The molecule has 19 heavy (non-hydrogen) atoms. The molecule has 0 radical (unpaired) electrons. The largest absolute Gasteiger partial charge is 0.240 e. The van der Waals surface area contributed by atoms with E-state index in [9.17, 15) is 8.42 Å². The van der Waals surface area contributed by atoms with Crippen LogP contribution >= 0.6 is 15.9 Å². The number of benzene rings is 1. The van der Waals surface area contributed by atoms with Crippen LogP contribution in [0.5, 0.6) is 0 Å². The molecule has 0 bridgehead atoms. The second kappa shape index (κ2) is 5.94. The summed E-state index contributed by atoms with van der Waals surface area (Å²) >= 11 is 3.35. The Hall–Kier alpha value is -0.390. The number of halogens is 1. The van der Waals surface area contributed by atoms with Crippen molar-refractivity contribution in [3.8, 4) is 0 Å². The molecule has 1 N–H and O–H groups in total. The van der Waals surface area contributed by atoms with Crippen LogP contribution in [0.4, 0.5) is 0 Å². The molecular weight excluding hydrogens is 326 g/mol. The Kier molecular flexibility index (Phi) is 4.69. The van der Waals surface area contributed by atoms with Gasteiger partial charge in [0.25, 0.3) is 0 Å². The zero-order chi connectivity index (χ0) is 13.9. The van der Waals surface area contributed by atoms with E-state index in [0.29, 0.717) is 11.4 Å². The molecule has 1 fully saturated rings. The van der Waals surface area contributed by atoms with Gasteiger partial charge >= 0.3 is 0 Å². The first kappa shape index (κ1) is 15.0. The van der Waals surface area contributed by atoms with Crippen LogP contribution < -0.4 is 4.72 Å². The second-order valence-electron chi connectivity index (χ2n) is 5.35. The van der Waals surface area contributed by atoms with E-state index < -0.39 is 10.0 Å². The van der Waals surface area contributed by atoms with Crippen molar-refractivity contribution in [1.82, 2.24) is 4.72 Å². The van der Waals surface area contributed by atoms with Crippen molar-refractivity contribution in [2.45, 2.75) is 42.8 Å². The fourth-order valence-electron chi connectivity index (χ4n) is 2.31. The molecule has 3 nitrogen and oxygen atoms in total. The zero-order valence-corrected chi connectivity index (χ0v) is 13.6. The Morgan fingerprint density at radius 3 is 2.37 bits per heavy atom. The van der Waals surface area contributed by atoms with Crippen molar-refractivity contribution in [3.63, 3.8) is 0 Å². The van der Waals surface area contributed by atoms with Gasteiger partial charge in [0.2, 0.25) is 10.0 Å². The summed E-state index contributed by atoms with van der Waals surface area (Å²) in [6, 6.07) is 7.00. The fourth-order valence-corrected chi connectivity index (χ4v) is 3.84. The van der Waals surface area contributed by atoms with Gasteiger partial charge in [0.05, 0.1) is 4.90 Å². The molecule has 1 aliphatic rings. The molecule has 1 aliphatic carbocycles. The SMILES string of the molecule is CCCC1(CNS(=O)(=O)c2ccc(CBr)cc2)CC1. The maximum absolute atomic E-state index is 12.2. The number of hydrogen-bond donors (Lipinski definition) is 1. The molecular formula is C14H20BrNO2S. The third kappa shape index (κ3) is 3.80. The van der Waals surface area contributed by atoms with E-state index in [1.807, 2.05) is 12.1 Å². The first-order valence-corrected chi connectivity index (χ1v) is 9.26. The molecule has 0 atom stereocenters. The number of alkyl halides is 1. The smallest absolute Gasteiger partial charge is 0.211 e. The molecule has 1 saturated carbocycles. The monoisotopic (exact) mass is 345 g/mol. The summed E-state index contributed by atoms with van der Waals surface area (Å²) in [6.07, 6.45) is 4.51. The molecule has 106 valence electrons. The average Bonchev–Trinajstić information content (AvgIpc) is 3.18. The molecule has 0 saturated heterocycles. The number of sulfonamides is 1. The van der Waals surface area contributed by atoms with Crippen LogP contribution in [0.15, 0.2) is 29.2 Å². The van der Waals surface area contributed by atoms with Gasteiger partial charge in [-0.15, -0.1) is 0 Å². The van der Waals surface area contributed by atoms with E-state index in [-0.39, 0.29) is 5.41 Å². The molecule has 5 heteroatoms. The van der Waals surface area contributed by atoms with Crippen LogP contribution in [-0.4, -0.2) is 15.0 Å². The van der Waals surface area contributed by atoms with Crippen molar-refractivity contribution < 1.29 is 8.42 Å². The second-order valence-corrected chi connectivity index (χ2v) is 7.68. The number of nitrogens with one attached hydrogen (secondary N) is 1. The van der Waals surface area contributed by atoms with Crippen LogP contribution in [-0.2, 0) is 15.4 Å². The van der Waals surface area contributed by atoms with E-state index in [4.69, 9.17) is 0 Å². The highest BCUT2D eigenvalue weighted by Crippen LogP contribution is 2.49. The molecule has 0 heterocycles. The van der Waals surface area contributed by atoms with E-state index in [2.05, 4.69) is 27.6 Å². The first-order chi connectivity index (χ1) is 9.01. The lowest BCUT2D eigenvalue weighted by atomic mass is 10.0. The Morgan fingerprint density at radius 2 is 1.89 bits per heavy atom. The zero-order valence-electron chi connectivity index (χ0n) is 11.2. The van der Waals surface area contributed by atoms with Gasteiger partial charge in [-0.05, 0) is 42.4 Å². The van der Waals surface area contributed by atoms with Gasteiger partial charge in [-0.2, -0.15) is 0 Å². The minimum absolute atomic E-state index is 0.234. The van der Waals surface area contributed by atoms with E-state index in [1.54, 1.807) is 12.1 Å². The normalized spacial score (nSPS) is 17.4. The molecule has 1 aromatic rings. The van der Waals surface area contributed by atoms with Gasteiger partial charge in [0.1, 0.15) is 0 Å². The van der Waals surface area contributed by atoms with Crippen LogP contribution in [0.3, 0.4) is 0 Å². The van der Waals surface area contributed by atoms with Gasteiger partial charge in [-0.1, -0.05) is 41.4 Å². The minimum atomic E-state index is -3.36. The highest BCUT2D eigenvalue weighted by atomic mass is 79.9. The molecule has 0 spiro atoms. The van der Waals surface area contributed by atoms with Gasteiger partial charge in [0, 0.05) is 11.9 Å². The van der Waals surface area contributed by atoms with E-state index in [0.717, 1.165) is 36.6 Å². The standard InChI is InChI=1S/C14H20BrNO2S/c1-2-7-14(8-9-14)11-16-19(17,18)13-5-3-12(10-15)4-6-13/h3-6,16H,2,7-11H2,1H3. The predicted molar refractivity (Wildman–Crippen MR) is 80.8 cm³/mol. The van der Waals surface area contributed by atoms with Crippen LogP contribution in [0.2, 0.25) is 0 Å². The molecule has 2 rings (SSSR count). The van der Waals surface area contributed by atoms with E-state index >= 15 is 0 Å². The highest BCUT2D eigenvalue weighted by Gasteiger charge is 2.42.